The van der Waals surface area contributed by atoms with Crippen LogP contribution in [0.4, 0.5) is 11.6 Å². The van der Waals surface area contributed by atoms with Crippen LogP contribution in [-0.4, -0.2) is 55.9 Å². The van der Waals surface area contributed by atoms with Crippen LogP contribution in [0.1, 0.15) is 5.69 Å². The second kappa shape index (κ2) is 5.37. The van der Waals surface area contributed by atoms with Gasteiger partial charge in [-0.2, -0.15) is 5.10 Å². The zero-order valence-corrected chi connectivity index (χ0v) is 14.4. The molecule has 0 amide bonds. The lowest BCUT2D eigenvalue weighted by Crippen LogP contribution is -2.29. The van der Waals surface area contributed by atoms with E-state index in [9.17, 15) is 0 Å². The summed E-state index contributed by atoms with van der Waals surface area (Å²) in [6, 6.07) is 2.07. The molecule has 128 valence electrons. The molecule has 5 heterocycles. The number of nitrogens with zero attached hydrogens (tertiary/aromatic N) is 8. The lowest BCUT2D eigenvalue weighted by Gasteiger charge is -2.23. The molecular weight excluding hydrogens is 316 g/mol. The molecule has 0 bridgehead atoms. The molecule has 0 N–H and O–H groups in total. The van der Waals surface area contributed by atoms with Gasteiger partial charge in [0.05, 0.1) is 11.6 Å². The Kier molecular flexibility index (Phi) is 3.13. The van der Waals surface area contributed by atoms with Crippen molar-refractivity contribution in [2.45, 2.75) is 6.92 Å². The molecule has 5 rings (SSSR count). The third-order valence-corrected chi connectivity index (χ3v) is 5.41. The van der Waals surface area contributed by atoms with Crippen LogP contribution in [0.3, 0.4) is 0 Å². The fourth-order valence-electron chi connectivity index (χ4n) is 4.17. The molecule has 25 heavy (non-hydrogen) atoms. The van der Waals surface area contributed by atoms with Gasteiger partial charge in [-0.3, -0.25) is 4.68 Å². The summed E-state index contributed by atoms with van der Waals surface area (Å²) in [5.41, 5.74) is 1.91. The van der Waals surface area contributed by atoms with E-state index in [-0.39, 0.29) is 0 Å². The Morgan fingerprint density at radius 1 is 0.920 bits per heavy atom. The highest BCUT2D eigenvalue weighted by Crippen LogP contribution is 2.36. The number of anilines is 2. The molecular formula is C17H20N8. The maximum absolute atomic E-state index is 4.55. The minimum Gasteiger partial charge on any atom is -0.356 e. The Bertz CT molecular complexity index is 921. The summed E-state index contributed by atoms with van der Waals surface area (Å²) in [7, 11) is 1.92. The summed E-state index contributed by atoms with van der Waals surface area (Å²) < 4.78 is 1.80. The van der Waals surface area contributed by atoms with Crippen LogP contribution in [-0.2, 0) is 7.05 Å². The van der Waals surface area contributed by atoms with Crippen LogP contribution in [0.5, 0.6) is 0 Å². The van der Waals surface area contributed by atoms with Crippen LogP contribution >= 0.6 is 0 Å². The molecule has 0 spiro atoms. The molecule has 2 saturated heterocycles. The number of rotatable bonds is 2. The van der Waals surface area contributed by atoms with E-state index in [1.165, 1.54) is 0 Å². The third-order valence-electron chi connectivity index (χ3n) is 5.41. The van der Waals surface area contributed by atoms with Crippen molar-refractivity contribution >= 4 is 22.7 Å². The van der Waals surface area contributed by atoms with E-state index in [0.717, 1.165) is 54.5 Å². The van der Waals surface area contributed by atoms with Crippen molar-refractivity contribution in [2.24, 2.45) is 18.9 Å². The zero-order valence-electron chi connectivity index (χ0n) is 14.4. The fraction of sp³-hybridized carbons (Fsp3) is 0.471. The second-order valence-electron chi connectivity index (χ2n) is 7.05. The molecule has 8 nitrogen and oxygen atoms in total. The molecule has 2 unspecified atom stereocenters. The molecule has 2 atom stereocenters. The van der Waals surface area contributed by atoms with Crippen LogP contribution < -0.4 is 9.80 Å². The summed E-state index contributed by atoms with van der Waals surface area (Å²) >= 11 is 0. The molecule has 2 aliphatic rings. The predicted molar refractivity (Wildman–Crippen MR) is 94.5 cm³/mol. The first kappa shape index (κ1) is 14.6. The topological polar surface area (TPSA) is 75.9 Å². The van der Waals surface area contributed by atoms with E-state index in [4.69, 9.17) is 0 Å². The summed E-state index contributed by atoms with van der Waals surface area (Å²) in [6.07, 6.45) is 5.17. The van der Waals surface area contributed by atoms with Crippen molar-refractivity contribution in [1.82, 2.24) is 29.7 Å². The molecule has 0 aliphatic carbocycles. The van der Waals surface area contributed by atoms with Gasteiger partial charge in [-0.05, 0) is 6.92 Å². The van der Waals surface area contributed by atoms with Gasteiger partial charge in [0.25, 0.3) is 0 Å². The van der Waals surface area contributed by atoms with Crippen LogP contribution in [0.15, 0.2) is 24.9 Å². The first-order valence-corrected chi connectivity index (χ1v) is 8.60. The Hall–Kier alpha value is -2.77. The molecule has 0 aromatic carbocycles. The number of hydrogen-bond donors (Lipinski definition) is 0. The molecule has 2 aliphatic heterocycles. The summed E-state index contributed by atoms with van der Waals surface area (Å²) in [5.74, 6) is 3.33. The van der Waals surface area contributed by atoms with Crippen molar-refractivity contribution in [1.29, 1.82) is 0 Å². The Labute approximate surface area is 145 Å². The van der Waals surface area contributed by atoms with Crippen molar-refractivity contribution < 1.29 is 0 Å². The van der Waals surface area contributed by atoms with E-state index in [0.29, 0.717) is 11.8 Å². The van der Waals surface area contributed by atoms with Gasteiger partial charge in [0.1, 0.15) is 24.3 Å². The van der Waals surface area contributed by atoms with Gasteiger partial charge in [-0.1, -0.05) is 0 Å². The minimum atomic E-state index is 0.636. The van der Waals surface area contributed by atoms with Gasteiger partial charge in [0.15, 0.2) is 5.65 Å². The highest BCUT2D eigenvalue weighted by Gasteiger charge is 2.41. The maximum atomic E-state index is 4.55. The van der Waals surface area contributed by atoms with Gasteiger partial charge in [0.2, 0.25) is 0 Å². The highest BCUT2D eigenvalue weighted by atomic mass is 15.3. The summed E-state index contributed by atoms with van der Waals surface area (Å²) in [5, 5.41) is 5.36. The maximum Gasteiger partial charge on any atom is 0.163 e. The minimum absolute atomic E-state index is 0.636. The fourth-order valence-corrected chi connectivity index (χ4v) is 4.17. The standard InChI is InChI=1S/C17H20N8/c1-11-3-15(19-9-18-11)24-5-12-7-25(8-13(12)6-24)17-14-4-22-23(2)16(14)20-10-21-17/h3-4,9-10,12-13H,5-8H2,1-2H3. The van der Waals surface area contributed by atoms with E-state index in [2.05, 4.69) is 40.9 Å². The average molecular weight is 336 g/mol. The quantitative estimate of drug-likeness (QED) is 0.692. The van der Waals surface area contributed by atoms with Gasteiger partial charge in [0, 0.05) is 56.8 Å². The SMILES string of the molecule is Cc1cc(N2CC3CN(c4ncnc5c4cnn5C)CC3C2)ncn1. The Morgan fingerprint density at radius 2 is 1.64 bits per heavy atom. The predicted octanol–water partition coefficient (Wildman–Crippen LogP) is 1.03. The van der Waals surface area contributed by atoms with Gasteiger partial charge < -0.3 is 9.80 Å². The van der Waals surface area contributed by atoms with Crippen LogP contribution in [0, 0.1) is 18.8 Å². The van der Waals surface area contributed by atoms with Gasteiger partial charge in [-0.25, -0.2) is 19.9 Å². The average Bonchev–Trinajstić information content (AvgIpc) is 3.28. The monoisotopic (exact) mass is 336 g/mol. The normalized spacial score (nSPS) is 22.8. The molecule has 3 aromatic rings. The smallest absolute Gasteiger partial charge is 0.163 e. The largest absolute Gasteiger partial charge is 0.356 e. The number of aromatic nitrogens is 6. The van der Waals surface area contributed by atoms with Gasteiger partial charge >= 0.3 is 0 Å². The first-order chi connectivity index (χ1) is 12.2. The number of aryl methyl sites for hydroxylation is 2. The van der Waals surface area contributed by atoms with E-state index in [1.54, 1.807) is 17.3 Å². The lowest BCUT2D eigenvalue weighted by atomic mass is 10.0. The Balaban J connectivity index is 1.37. The van der Waals surface area contributed by atoms with Crippen molar-refractivity contribution in [3.63, 3.8) is 0 Å². The summed E-state index contributed by atoms with van der Waals surface area (Å²) in [4.78, 5) is 22.3. The van der Waals surface area contributed by atoms with E-state index < -0.39 is 0 Å². The van der Waals surface area contributed by atoms with Crippen molar-refractivity contribution in [3.8, 4) is 0 Å². The van der Waals surface area contributed by atoms with E-state index in [1.807, 2.05) is 20.2 Å². The van der Waals surface area contributed by atoms with Crippen LogP contribution in [0.2, 0.25) is 0 Å². The second-order valence-corrected chi connectivity index (χ2v) is 7.05. The molecule has 2 fully saturated rings. The summed E-state index contributed by atoms with van der Waals surface area (Å²) in [6.45, 7) is 6.13. The Morgan fingerprint density at radius 3 is 2.40 bits per heavy atom. The third kappa shape index (κ3) is 2.32. The first-order valence-electron chi connectivity index (χ1n) is 8.60. The molecule has 0 saturated carbocycles. The molecule has 8 heteroatoms. The number of hydrogen-bond acceptors (Lipinski definition) is 7. The molecule has 3 aromatic heterocycles. The van der Waals surface area contributed by atoms with Crippen molar-refractivity contribution in [2.75, 3.05) is 36.0 Å². The van der Waals surface area contributed by atoms with Crippen molar-refractivity contribution in [3.05, 3.63) is 30.6 Å². The number of fused-ring (bicyclic) bond motifs is 2. The zero-order chi connectivity index (χ0) is 17.0. The van der Waals surface area contributed by atoms with E-state index >= 15 is 0 Å². The van der Waals surface area contributed by atoms with Gasteiger partial charge in [-0.15, -0.1) is 0 Å². The molecule has 0 radical (unpaired) electrons. The highest BCUT2D eigenvalue weighted by molar-refractivity contribution is 5.86. The van der Waals surface area contributed by atoms with Crippen LogP contribution in [0.25, 0.3) is 11.0 Å². The lowest BCUT2D eigenvalue weighted by molar-refractivity contribution is 0.533.